The molecule has 0 saturated carbocycles. The summed E-state index contributed by atoms with van der Waals surface area (Å²) in [5.74, 6) is 0. The minimum atomic E-state index is 1.15. The van der Waals surface area contributed by atoms with Crippen LogP contribution >= 0.6 is 0 Å². The summed E-state index contributed by atoms with van der Waals surface area (Å²) in [6.45, 7) is 0. The zero-order chi connectivity index (χ0) is 41.2. The fourth-order valence-electron chi connectivity index (χ4n) is 10.6. The van der Waals surface area contributed by atoms with Crippen LogP contribution in [0.15, 0.2) is 224 Å². The van der Waals surface area contributed by atoms with Crippen molar-refractivity contribution in [2.24, 2.45) is 0 Å². The van der Waals surface area contributed by atoms with Gasteiger partial charge in [0.15, 0.2) is 0 Å². The Morgan fingerprint density at radius 2 is 0.524 bits per heavy atom. The minimum absolute atomic E-state index is 1.15. The van der Waals surface area contributed by atoms with Gasteiger partial charge in [-0.1, -0.05) is 140 Å². The van der Waals surface area contributed by atoms with Gasteiger partial charge in [0.05, 0.1) is 33.1 Å². The predicted octanol–water partition coefficient (Wildman–Crippen LogP) is 16.1. The van der Waals surface area contributed by atoms with Gasteiger partial charge in [0.2, 0.25) is 0 Å². The maximum atomic E-state index is 2.48. The lowest BCUT2D eigenvalue weighted by Crippen LogP contribution is -1.96. The predicted molar refractivity (Wildman–Crippen MR) is 267 cm³/mol. The molecule has 292 valence electrons. The lowest BCUT2D eigenvalue weighted by atomic mass is 10.00. The van der Waals surface area contributed by atoms with Crippen LogP contribution in [-0.2, 0) is 0 Å². The molecule has 0 fully saturated rings. The molecule has 3 heterocycles. The molecule has 3 nitrogen and oxygen atoms in total. The number of fused-ring (bicyclic) bond motifs is 12. The van der Waals surface area contributed by atoms with Crippen molar-refractivity contribution in [3.63, 3.8) is 0 Å². The highest BCUT2D eigenvalue weighted by Crippen LogP contribution is 2.42. The molecule has 0 bridgehead atoms. The molecule has 0 aliphatic carbocycles. The van der Waals surface area contributed by atoms with Crippen LogP contribution in [-0.4, -0.2) is 13.7 Å². The van der Waals surface area contributed by atoms with E-state index in [0.717, 1.165) is 11.4 Å². The molecule has 0 amide bonds. The van der Waals surface area contributed by atoms with Crippen LogP contribution in [0.5, 0.6) is 0 Å². The summed E-state index contributed by atoms with van der Waals surface area (Å²) in [5.41, 5.74) is 13.1. The highest BCUT2D eigenvalue weighted by molar-refractivity contribution is 6.20. The van der Waals surface area contributed by atoms with Crippen molar-refractivity contribution >= 4 is 97.7 Å². The molecule has 0 N–H and O–H groups in total. The molecule has 11 aromatic carbocycles. The van der Waals surface area contributed by atoms with Crippen LogP contribution in [0.1, 0.15) is 0 Å². The van der Waals surface area contributed by atoms with Gasteiger partial charge in [0.25, 0.3) is 0 Å². The summed E-state index contributed by atoms with van der Waals surface area (Å²) in [7, 11) is 0. The topological polar surface area (TPSA) is 14.8 Å². The molecule has 0 saturated heterocycles. The second-order valence-corrected chi connectivity index (χ2v) is 17.0. The summed E-state index contributed by atoms with van der Waals surface area (Å²) < 4.78 is 7.35. The third-order valence-corrected chi connectivity index (χ3v) is 13.5. The number of aromatic nitrogens is 3. The van der Waals surface area contributed by atoms with Gasteiger partial charge >= 0.3 is 0 Å². The van der Waals surface area contributed by atoms with E-state index in [1.54, 1.807) is 0 Å². The van der Waals surface area contributed by atoms with E-state index < -0.39 is 0 Å². The molecule has 0 aliphatic heterocycles. The van der Waals surface area contributed by atoms with Crippen molar-refractivity contribution in [2.75, 3.05) is 0 Å². The fourth-order valence-corrected chi connectivity index (χ4v) is 10.6. The molecule has 0 aliphatic rings. The second-order valence-electron chi connectivity index (χ2n) is 17.0. The SMILES string of the molecule is c1ccc2cc(-n3c4ccccc4c4cc(-c5ccc6c(c5)c5cc7c8ccccc8n(-c8ccc9ccccc9c8)c7cc5n6-c5ccc6ccccc6c5)ccc43)ccc2c1. The first-order valence-corrected chi connectivity index (χ1v) is 21.7. The fraction of sp³-hybridized carbons (Fsp3) is 0. The van der Waals surface area contributed by atoms with E-state index in [-0.39, 0.29) is 0 Å². The van der Waals surface area contributed by atoms with Crippen LogP contribution < -0.4 is 0 Å². The minimum Gasteiger partial charge on any atom is -0.309 e. The van der Waals surface area contributed by atoms with E-state index in [9.17, 15) is 0 Å². The molecular weight excluding hydrogens is 763 g/mol. The zero-order valence-corrected chi connectivity index (χ0v) is 34.2. The largest absolute Gasteiger partial charge is 0.309 e. The summed E-state index contributed by atoms with van der Waals surface area (Å²) in [6, 6.07) is 83.0. The molecule has 14 aromatic rings. The average Bonchev–Trinajstić information content (AvgIpc) is 3.97. The van der Waals surface area contributed by atoms with Crippen molar-refractivity contribution in [1.82, 2.24) is 13.7 Å². The van der Waals surface area contributed by atoms with Gasteiger partial charge < -0.3 is 13.7 Å². The van der Waals surface area contributed by atoms with Crippen molar-refractivity contribution < 1.29 is 0 Å². The van der Waals surface area contributed by atoms with Gasteiger partial charge in [0.1, 0.15) is 0 Å². The average molecular weight is 800 g/mol. The van der Waals surface area contributed by atoms with Crippen molar-refractivity contribution in [3.05, 3.63) is 224 Å². The van der Waals surface area contributed by atoms with E-state index >= 15 is 0 Å². The molecular formula is C60H37N3. The van der Waals surface area contributed by atoms with Crippen LogP contribution in [0.4, 0.5) is 0 Å². The molecule has 3 heteroatoms. The number of nitrogens with zero attached hydrogens (tertiary/aromatic N) is 3. The summed E-state index contributed by atoms with van der Waals surface area (Å²) in [4.78, 5) is 0. The Labute approximate surface area is 362 Å². The number of para-hydroxylation sites is 2. The quantitative estimate of drug-likeness (QED) is 0.168. The molecule has 14 rings (SSSR count). The summed E-state index contributed by atoms with van der Waals surface area (Å²) >= 11 is 0. The van der Waals surface area contributed by atoms with Gasteiger partial charge in [-0.05, 0) is 128 Å². The highest BCUT2D eigenvalue weighted by atomic mass is 15.0. The van der Waals surface area contributed by atoms with Gasteiger partial charge in [-0.2, -0.15) is 0 Å². The first-order valence-electron chi connectivity index (χ1n) is 21.7. The van der Waals surface area contributed by atoms with Crippen molar-refractivity contribution in [1.29, 1.82) is 0 Å². The lowest BCUT2D eigenvalue weighted by Gasteiger charge is -2.12. The van der Waals surface area contributed by atoms with Gasteiger partial charge in [-0.3, -0.25) is 0 Å². The number of hydrogen-bond donors (Lipinski definition) is 0. The monoisotopic (exact) mass is 799 g/mol. The smallest absolute Gasteiger partial charge is 0.0562 e. The number of benzene rings is 11. The molecule has 0 atom stereocenters. The van der Waals surface area contributed by atoms with E-state index in [1.165, 1.54) is 115 Å². The van der Waals surface area contributed by atoms with Gasteiger partial charge in [-0.15, -0.1) is 0 Å². The number of hydrogen-bond acceptors (Lipinski definition) is 0. The van der Waals surface area contributed by atoms with Gasteiger partial charge in [0, 0.05) is 49.4 Å². The van der Waals surface area contributed by atoms with Crippen molar-refractivity contribution in [3.8, 4) is 28.2 Å². The first-order chi connectivity index (χ1) is 31.2. The summed E-state index contributed by atoms with van der Waals surface area (Å²) in [5, 5.41) is 14.9. The molecule has 0 radical (unpaired) electrons. The third kappa shape index (κ3) is 5.08. The zero-order valence-electron chi connectivity index (χ0n) is 34.2. The highest BCUT2D eigenvalue weighted by Gasteiger charge is 2.20. The third-order valence-electron chi connectivity index (χ3n) is 13.5. The van der Waals surface area contributed by atoms with E-state index in [4.69, 9.17) is 0 Å². The Balaban J connectivity index is 1.02. The maximum Gasteiger partial charge on any atom is 0.0562 e. The van der Waals surface area contributed by atoms with Crippen LogP contribution in [0.3, 0.4) is 0 Å². The molecule has 3 aromatic heterocycles. The first kappa shape index (κ1) is 34.3. The lowest BCUT2D eigenvalue weighted by molar-refractivity contribution is 1.17. The molecule has 0 unspecified atom stereocenters. The second kappa shape index (κ2) is 13.1. The Hall–Kier alpha value is -8.40. The van der Waals surface area contributed by atoms with Crippen molar-refractivity contribution in [2.45, 2.75) is 0 Å². The van der Waals surface area contributed by atoms with Crippen LogP contribution in [0.2, 0.25) is 0 Å². The Morgan fingerprint density at radius 1 is 0.190 bits per heavy atom. The normalized spacial score (nSPS) is 12.1. The van der Waals surface area contributed by atoms with E-state index in [1.807, 2.05) is 0 Å². The molecule has 0 spiro atoms. The summed E-state index contributed by atoms with van der Waals surface area (Å²) in [6.07, 6.45) is 0. The van der Waals surface area contributed by atoms with Crippen LogP contribution in [0.25, 0.3) is 126 Å². The van der Waals surface area contributed by atoms with Gasteiger partial charge in [-0.25, -0.2) is 0 Å². The Morgan fingerprint density at radius 3 is 0.984 bits per heavy atom. The standard InChI is InChI=1S/C60H37N3/c1-4-14-41-31-46(26-21-38(41)11-1)61-55-19-9-7-17-49(55)51-34-44(24-29-57(51)61)45-25-30-58-52(35-45)54-36-53-50-18-8-10-20-56(50)62(47-27-22-39-12-2-5-15-42(39)32-47)59(53)37-60(54)63(58)48-28-23-40-13-3-6-16-43(40)33-48/h1-37H. The van der Waals surface area contributed by atoms with E-state index in [2.05, 4.69) is 238 Å². The van der Waals surface area contributed by atoms with Crippen LogP contribution in [0, 0.1) is 0 Å². The maximum absolute atomic E-state index is 2.48. The number of rotatable bonds is 4. The van der Waals surface area contributed by atoms with E-state index in [0.29, 0.717) is 0 Å². The Bertz CT molecular complexity index is 4210. The molecule has 63 heavy (non-hydrogen) atoms. The Kier molecular flexibility index (Phi) is 7.11.